The topological polar surface area (TPSA) is 95.9 Å². The van der Waals surface area contributed by atoms with E-state index in [9.17, 15) is 0 Å². The lowest BCUT2D eigenvalue weighted by atomic mass is 10.1. The average molecular weight is 328 g/mol. The molecule has 0 bridgehead atoms. The van der Waals surface area contributed by atoms with Crippen LogP contribution in [-0.2, 0) is 14.2 Å². The third-order valence-corrected chi connectivity index (χ3v) is 4.33. The zero-order valence-electron chi connectivity index (χ0n) is 12.3. The molecule has 0 radical (unpaired) electrons. The summed E-state index contributed by atoms with van der Waals surface area (Å²) in [5, 5.41) is 3.00. The molecule has 4 atom stereocenters. The van der Waals surface area contributed by atoms with Crippen molar-refractivity contribution in [2.45, 2.75) is 50.0 Å². The monoisotopic (exact) mass is 327 g/mol. The van der Waals surface area contributed by atoms with Gasteiger partial charge < -0.3 is 25.3 Å². The van der Waals surface area contributed by atoms with Crippen molar-refractivity contribution in [1.82, 2.24) is 9.55 Å². The number of rotatable bonds is 1. The third-order valence-electron chi connectivity index (χ3n) is 4.03. The lowest BCUT2D eigenvalue weighted by molar-refractivity contribution is -0.146. The second-order valence-electron chi connectivity index (χ2n) is 6.10. The Morgan fingerprint density at radius 2 is 2.18 bits per heavy atom. The molecule has 3 N–H and O–H groups in total. The molecule has 4 unspecified atom stereocenters. The molecule has 22 heavy (non-hydrogen) atoms. The minimum absolute atomic E-state index is 0.00629. The third kappa shape index (κ3) is 2.26. The molecule has 4 heterocycles. The molecule has 1 aromatic heterocycles. The Bertz CT molecular complexity index is 631. The summed E-state index contributed by atoms with van der Waals surface area (Å²) in [7, 11) is 0. The highest BCUT2D eigenvalue weighted by Crippen LogP contribution is 2.40. The van der Waals surface area contributed by atoms with E-state index in [0.29, 0.717) is 24.5 Å². The first kappa shape index (κ1) is 14.3. The standard InChI is InChI=1S/C13H18ClN5O3/c1-13(2)21-6-3-8(20-4-7(6)22-13)19-5-16-9-10(14)17-12(15)18-11(9)19/h5-8,10H,3-4H2,1-2H3,(H3,15,17,18). The minimum Gasteiger partial charge on any atom is -0.370 e. The van der Waals surface area contributed by atoms with Gasteiger partial charge in [0.05, 0.1) is 19.0 Å². The summed E-state index contributed by atoms with van der Waals surface area (Å²) < 4.78 is 19.6. The first-order valence-electron chi connectivity index (χ1n) is 7.21. The zero-order chi connectivity index (χ0) is 15.5. The molecular formula is C13H18ClN5O3. The molecule has 0 aromatic carbocycles. The average Bonchev–Trinajstić information content (AvgIpc) is 2.96. The van der Waals surface area contributed by atoms with E-state index in [1.165, 1.54) is 0 Å². The molecule has 1 aromatic rings. The maximum Gasteiger partial charge on any atom is 0.196 e. The van der Waals surface area contributed by atoms with Crippen molar-refractivity contribution < 1.29 is 14.2 Å². The number of aliphatic imine (C=N–C) groups is 1. The fraction of sp³-hybridized carbons (Fsp3) is 0.692. The molecule has 3 aliphatic heterocycles. The first-order chi connectivity index (χ1) is 10.4. The van der Waals surface area contributed by atoms with Crippen LogP contribution in [0.25, 0.3) is 0 Å². The molecule has 8 nitrogen and oxygen atoms in total. The molecule has 0 saturated carbocycles. The Morgan fingerprint density at radius 1 is 1.41 bits per heavy atom. The van der Waals surface area contributed by atoms with Crippen molar-refractivity contribution in [3.63, 3.8) is 0 Å². The van der Waals surface area contributed by atoms with Crippen LogP contribution in [0.2, 0.25) is 0 Å². The highest BCUT2D eigenvalue weighted by atomic mass is 35.5. The van der Waals surface area contributed by atoms with Crippen LogP contribution in [0.1, 0.15) is 37.7 Å². The lowest BCUT2D eigenvalue weighted by Crippen LogP contribution is -2.38. The highest BCUT2D eigenvalue weighted by molar-refractivity contribution is 6.22. The van der Waals surface area contributed by atoms with Crippen LogP contribution >= 0.6 is 11.6 Å². The summed E-state index contributed by atoms with van der Waals surface area (Å²) in [5.74, 6) is 0.414. The van der Waals surface area contributed by atoms with E-state index in [2.05, 4.69) is 15.3 Å². The number of anilines is 1. The van der Waals surface area contributed by atoms with Gasteiger partial charge in [-0.25, -0.2) is 9.98 Å². The predicted octanol–water partition coefficient (Wildman–Crippen LogP) is 1.30. The van der Waals surface area contributed by atoms with Crippen molar-refractivity contribution in [3.05, 3.63) is 12.0 Å². The smallest absolute Gasteiger partial charge is 0.196 e. The summed E-state index contributed by atoms with van der Waals surface area (Å²) >= 11 is 6.15. The largest absolute Gasteiger partial charge is 0.370 e. The normalized spacial score (nSPS) is 36.2. The fourth-order valence-corrected chi connectivity index (χ4v) is 3.41. The Morgan fingerprint density at radius 3 is 3.00 bits per heavy atom. The number of guanidine groups is 1. The van der Waals surface area contributed by atoms with E-state index in [-0.39, 0.29) is 24.4 Å². The molecule has 2 saturated heterocycles. The molecule has 0 aliphatic carbocycles. The number of nitrogens with one attached hydrogen (secondary N) is 1. The van der Waals surface area contributed by atoms with E-state index in [1.807, 2.05) is 18.4 Å². The summed E-state index contributed by atoms with van der Waals surface area (Å²) in [6, 6.07) is 0. The van der Waals surface area contributed by atoms with Crippen molar-refractivity contribution in [1.29, 1.82) is 0 Å². The number of nitrogens with zero attached hydrogens (tertiary/aromatic N) is 3. The van der Waals surface area contributed by atoms with Crippen molar-refractivity contribution in [3.8, 4) is 0 Å². The van der Waals surface area contributed by atoms with Gasteiger partial charge in [-0.15, -0.1) is 0 Å². The summed E-state index contributed by atoms with van der Waals surface area (Å²) in [4.78, 5) is 8.36. The fourth-order valence-electron chi connectivity index (χ4n) is 3.15. The van der Waals surface area contributed by atoms with Crippen molar-refractivity contribution in [2.24, 2.45) is 10.7 Å². The first-order valence-corrected chi connectivity index (χ1v) is 7.65. The van der Waals surface area contributed by atoms with Crippen LogP contribution in [0.15, 0.2) is 11.3 Å². The SMILES string of the molecule is CC1(C)OC2COC(n3cnc4c3NC(N)=NC4Cl)CC2O1. The molecule has 9 heteroatoms. The van der Waals surface area contributed by atoms with Gasteiger partial charge in [0, 0.05) is 6.42 Å². The maximum absolute atomic E-state index is 6.15. The van der Waals surface area contributed by atoms with Crippen LogP contribution in [-0.4, -0.2) is 40.1 Å². The second kappa shape index (κ2) is 4.82. The van der Waals surface area contributed by atoms with Gasteiger partial charge in [-0.3, -0.25) is 4.57 Å². The van der Waals surface area contributed by atoms with E-state index in [4.69, 9.17) is 31.5 Å². The minimum atomic E-state index is -0.584. The van der Waals surface area contributed by atoms with Gasteiger partial charge in [-0.1, -0.05) is 11.6 Å². The van der Waals surface area contributed by atoms with Crippen molar-refractivity contribution >= 4 is 23.4 Å². The number of aromatic nitrogens is 2. The number of hydrogen-bond acceptors (Lipinski definition) is 7. The molecule has 120 valence electrons. The maximum atomic E-state index is 6.15. The molecule has 4 rings (SSSR count). The van der Waals surface area contributed by atoms with Crippen LogP contribution in [0, 0.1) is 0 Å². The van der Waals surface area contributed by atoms with Gasteiger partial charge in [0.2, 0.25) is 0 Å². The van der Waals surface area contributed by atoms with Crippen LogP contribution < -0.4 is 11.1 Å². The quantitative estimate of drug-likeness (QED) is 0.596. The second-order valence-corrected chi connectivity index (χ2v) is 6.51. The molecular weight excluding hydrogens is 310 g/mol. The van der Waals surface area contributed by atoms with Gasteiger partial charge in [0.1, 0.15) is 23.8 Å². The van der Waals surface area contributed by atoms with Gasteiger partial charge in [0.25, 0.3) is 0 Å². The predicted molar refractivity (Wildman–Crippen MR) is 79.5 cm³/mol. The van der Waals surface area contributed by atoms with E-state index >= 15 is 0 Å². The van der Waals surface area contributed by atoms with Gasteiger partial charge >= 0.3 is 0 Å². The number of fused-ring (bicyclic) bond motifs is 2. The van der Waals surface area contributed by atoms with Crippen LogP contribution in [0.5, 0.6) is 0 Å². The number of alkyl halides is 1. The molecule has 3 aliphatic rings. The Balaban J connectivity index is 1.58. The van der Waals surface area contributed by atoms with Crippen molar-refractivity contribution in [2.75, 3.05) is 11.9 Å². The zero-order valence-corrected chi connectivity index (χ0v) is 13.1. The highest BCUT2D eigenvalue weighted by Gasteiger charge is 2.46. The molecule has 0 spiro atoms. The Kier molecular flexibility index (Phi) is 3.12. The van der Waals surface area contributed by atoms with Gasteiger partial charge in [-0.05, 0) is 13.8 Å². The van der Waals surface area contributed by atoms with E-state index < -0.39 is 11.3 Å². The van der Waals surface area contributed by atoms with E-state index in [0.717, 1.165) is 0 Å². The lowest BCUT2D eigenvalue weighted by Gasteiger charge is -2.31. The Labute approximate surface area is 132 Å². The number of hydrogen-bond donors (Lipinski definition) is 2. The molecule has 2 fully saturated rings. The van der Waals surface area contributed by atoms with Gasteiger partial charge in [0.15, 0.2) is 17.2 Å². The number of ether oxygens (including phenoxy) is 3. The summed E-state index contributed by atoms with van der Waals surface area (Å²) in [6.45, 7) is 4.30. The Hall–Kier alpha value is -1.35. The van der Waals surface area contributed by atoms with Crippen LogP contribution in [0.4, 0.5) is 5.82 Å². The number of imidazole rings is 1. The number of halogens is 1. The van der Waals surface area contributed by atoms with Gasteiger partial charge in [-0.2, -0.15) is 0 Å². The number of nitrogens with two attached hydrogens (primary N) is 1. The summed E-state index contributed by atoms with van der Waals surface area (Å²) in [5.41, 5.74) is 5.81. The summed E-state index contributed by atoms with van der Waals surface area (Å²) in [6.07, 6.45) is 2.10. The van der Waals surface area contributed by atoms with Crippen LogP contribution in [0.3, 0.4) is 0 Å². The molecule has 0 amide bonds. The van der Waals surface area contributed by atoms with E-state index in [1.54, 1.807) is 6.33 Å².